The maximum Gasteiger partial charge on any atom is 0.0640 e. The number of pyridine rings is 1. The highest BCUT2D eigenvalue weighted by atomic mass is 15.2. The summed E-state index contributed by atoms with van der Waals surface area (Å²) < 4.78 is 0. The van der Waals surface area contributed by atoms with Crippen molar-refractivity contribution in [3.8, 4) is 6.07 Å². The van der Waals surface area contributed by atoms with Crippen molar-refractivity contribution in [3.63, 3.8) is 0 Å². The van der Waals surface area contributed by atoms with E-state index in [-0.39, 0.29) is 6.04 Å². The molecule has 0 aliphatic carbocycles. The number of anilines is 1. The van der Waals surface area contributed by atoms with Gasteiger partial charge >= 0.3 is 0 Å². The molecule has 1 heterocycles. The highest BCUT2D eigenvalue weighted by Crippen LogP contribution is 2.19. The quantitative estimate of drug-likeness (QED) is 0.838. The van der Waals surface area contributed by atoms with E-state index < -0.39 is 0 Å². The zero-order valence-corrected chi connectivity index (χ0v) is 11.4. The van der Waals surface area contributed by atoms with E-state index >= 15 is 0 Å². The Labute approximate surface area is 109 Å². The van der Waals surface area contributed by atoms with Crippen LogP contribution in [-0.2, 0) is 0 Å². The fourth-order valence-electron chi connectivity index (χ4n) is 1.85. The maximum absolute atomic E-state index is 8.68. The molecule has 2 N–H and O–H groups in total. The molecular formula is C14H22N4. The van der Waals surface area contributed by atoms with Crippen LogP contribution in [0.15, 0.2) is 18.3 Å². The average molecular weight is 246 g/mol. The summed E-state index contributed by atoms with van der Waals surface area (Å²) in [5, 5.41) is 8.68. The third-order valence-corrected chi connectivity index (χ3v) is 3.01. The second kappa shape index (κ2) is 6.97. The van der Waals surface area contributed by atoms with Crippen LogP contribution in [0, 0.1) is 11.3 Å². The summed E-state index contributed by atoms with van der Waals surface area (Å²) in [5.74, 6) is 0. The van der Waals surface area contributed by atoms with Gasteiger partial charge in [0.2, 0.25) is 0 Å². The van der Waals surface area contributed by atoms with Gasteiger partial charge < -0.3 is 10.6 Å². The fraction of sp³-hybridized carbons (Fsp3) is 0.571. The molecule has 0 aliphatic rings. The molecule has 0 spiro atoms. The van der Waals surface area contributed by atoms with E-state index in [0.29, 0.717) is 12.5 Å². The second-order valence-electron chi connectivity index (χ2n) is 4.65. The molecule has 0 aliphatic heterocycles. The van der Waals surface area contributed by atoms with E-state index in [1.165, 1.54) is 0 Å². The summed E-state index contributed by atoms with van der Waals surface area (Å²) in [6.07, 6.45) is 3.26. The first-order valence-corrected chi connectivity index (χ1v) is 6.45. The molecule has 1 aromatic rings. The van der Waals surface area contributed by atoms with Crippen LogP contribution in [0.3, 0.4) is 0 Å². The lowest BCUT2D eigenvalue weighted by Crippen LogP contribution is -2.31. The number of nitrogens with two attached hydrogens (primary N) is 1. The third-order valence-electron chi connectivity index (χ3n) is 3.01. The molecule has 1 aromatic heterocycles. The summed E-state index contributed by atoms with van der Waals surface area (Å²) in [6.45, 7) is 7.01. The van der Waals surface area contributed by atoms with E-state index in [1.807, 2.05) is 25.3 Å². The molecule has 18 heavy (non-hydrogen) atoms. The predicted octanol–water partition coefficient (Wildman–Crippen LogP) is 2.62. The summed E-state index contributed by atoms with van der Waals surface area (Å²) >= 11 is 0. The molecule has 0 radical (unpaired) electrons. The van der Waals surface area contributed by atoms with E-state index in [9.17, 15) is 0 Å². The number of nitriles is 1. The van der Waals surface area contributed by atoms with Crippen LogP contribution < -0.4 is 10.6 Å². The Kier molecular flexibility index (Phi) is 5.60. The van der Waals surface area contributed by atoms with Gasteiger partial charge in [0.15, 0.2) is 0 Å². The van der Waals surface area contributed by atoms with Gasteiger partial charge in [0, 0.05) is 18.6 Å². The Hall–Kier alpha value is -1.60. The third kappa shape index (κ3) is 3.71. The van der Waals surface area contributed by atoms with E-state index in [4.69, 9.17) is 11.0 Å². The smallest absolute Gasteiger partial charge is 0.0640 e. The van der Waals surface area contributed by atoms with Crippen LogP contribution in [0.4, 0.5) is 5.69 Å². The van der Waals surface area contributed by atoms with Gasteiger partial charge in [0.25, 0.3) is 0 Å². The van der Waals surface area contributed by atoms with Gasteiger partial charge in [-0.15, -0.1) is 0 Å². The maximum atomic E-state index is 8.68. The number of rotatable bonds is 6. The van der Waals surface area contributed by atoms with Gasteiger partial charge in [-0.3, -0.25) is 4.98 Å². The van der Waals surface area contributed by atoms with E-state index in [1.54, 1.807) is 0 Å². The average Bonchev–Trinajstić information content (AvgIpc) is 2.38. The summed E-state index contributed by atoms with van der Waals surface area (Å²) in [5.41, 5.74) is 7.91. The van der Waals surface area contributed by atoms with Crippen LogP contribution in [0.25, 0.3) is 0 Å². The molecule has 0 bridgehead atoms. The molecule has 0 saturated heterocycles. The Balaban J connectivity index is 2.84. The Morgan fingerprint density at radius 1 is 1.44 bits per heavy atom. The van der Waals surface area contributed by atoms with E-state index in [2.05, 4.69) is 29.8 Å². The first kappa shape index (κ1) is 14.5. The Bertz CT molecular complexity index is 391. The van der Waals surface area contributed by atoms with Gasteiger partial charge in [-0.2, -0.15) is 5.26 Å². The molecule has 0 saturated carbocycles. The van der Waals surface area contributed by atoms with Crippen LogP contribution >= 0.6 is 0 Å². The highest BCUT2D eigenvalue weighted by Gasteiger charge is 2.11. The zero-order chi connectivity index (χ0) is 13.5. The van der Waals surface area contributed by atoms with Crippen molar-refractivity contribution in [2.75, 3.05) is 11.4 Å². The highest BCUT2D eigenvalue weighted by molar-refractivity contribution is 5.45. The lowest BCUT2D eigenvalue weighted by atomic mass is 10.1. The lowest BCUT2D eigenvalue weighted by Gasteiger charge is -2.28. The first-order valence-electron chi connectivity index (χ1n) is 6.45. The van der Waals surface area contributed by atoms with Crippen LogP contribution in [0.2, 0.25) is 0 Å². The molecule has 4 heteroatoms. The molecular weight excluding hydrogens is 224 g/mol. The first-order chi connectivity index (χ1) is 8.60. The number of nitrogens with zero attached hydrogens (tertiary/aromatic N) is 3. The number of aromatic nitrogens is 1. The van der Waals surface area contributed by atoms with Crippen molar-refractivity contribution in [2.45, 2.75) is 45.7 Å². The molecule has 0 amide bonds. The SMILES string of the molecule is CC[C@@H](N)c1ccc(N(CCC#N)C(C)C)cn1. The van der Waals surface area contributed by atoms with Gasteiger partial charge in [0.1, 0.15) is 0 Å². The van der Waals surface area contributed by atoms with Crippen molar-refractivity contribution in [3.05, 3.63) is 24.0 Å². The van der Waals surface area contributed by atoms with Crippen LogP contribution in [-0.4, -0.2) is 17.6 Å². The van der Waals surface area contributed by atoms with E-state index in [0.717, 1.165) is 24.3 Å². The number of hydrogen-bond donors (Lipinski definition) is 1. The Morgan fingerprint density at radius 2 is 2.17 bits per heavy atom. The second-order valence-corrected chi connectivity index (χ2v) is 4.65. The minimum absolute atomic E-state index is 0.00524. The van der Waals surface area contributed by atoms with Crippen LogP contribution in [0.5, 0.6) is 0 Å². The topological polar surface area (TPSA) is 65.9 Å². The lowest BCUT2D eigenvalue weighted by molar-refractivity contribution is 0.666. The fourth-order valence-corrected chi connectivity index (χ4v) is 1.85. The molecule has 98 valence electrons. The monoisotopic (exact) mass is 246 g/mol. The zero-order valence-electron chi connectivity index (χ0n) is 11.4. The molecule has 0 unspecified atom stereocenters. The standard InChI is InChI=1S/C14H22N4/c1-4-13(16)14-7-6-12(10-17-14)18(11(2)3)9-5-8-15/h6-7,10-11,13H,4-5,9,16H2,1-3H3/t13-/m1/s1. The van der Waals surface area contributed by atoms with Gasteiger partial charge in [-0.1, -0.05) is 6.92 Å². The van der Waals surface area contributed by atoms with Crippen molar-refractivity contribution in [2.24, 2.45) is 5.73 Å². The van der Waals surface area contributed by atoms with Gasteiger partial charge in [-0.25, -0.2) is 0 Å². The largest absolute Gasteiger partial charge is 0.367 e. The number of hydrogen-bond acceptors (Lipinski definition) is 4. The summed E-state index contributed by atoms with van der Waals surface area (Å²) in [7, 11) is 0. The Morgan fingerprint density at radius 3 is 2.61 bits per heavy atom. The van der Waals surface area contributed by atoms with Crippen molar-refractivity contribution >= 4 is 5.69 Å². The normalized spacial score (nSPS) is 12.2. The van der Waals surface area contributed by atoms with Crippen molar-refractivity contribution in [1.82, 2.24) is 4.98 Å². The molecule has 4 nitrogen and oxygen atoms in total. The predicted molar refractivity (Wildman–Crippen MR) is 74.2 cm³/mol. The molecule has 1 rings (SSSR count). The minimum atomic E-state index is 0.00524. The van der Waals surface area contributed by atoms with Crippen molar-refractivity contribution < 1.29 is 0 Å². The van der Waals surface area contributed by atoms with Gasteiger partial charge in [0.05, 0.1) is 30.1 Å². The van der Waals surface area contributed by atoms with Crippen LogP contribution in [0.1, 0.15) is 45.3 Å². The summed E-state index contributed by atoms with van der Waals surface area (Å²) in [6, 6.07) is 6.55. The molecule has 1 atom stereocenters. The minimum Gasteiger partial charge on any atom is -0.367 e. The molecule has 0 fully saturated rings. The van der Waals surface area contributed by atoms with Gasteiger partial charge in [-0.05, 0) is 32.4 Å². The molecule has 0 aromatic carbocycles. The summed E-state index contributed by atoms with van der Waals surface area (Å²) in [4.78, 5) is 6.59. The van der Waals surface area contributed by atoms with Crippen molar-refractivity contribution in [1.29, 1.82) is 5.26 Å².